The first kappa shape index (κ1) is 14.9. The number of nitrogens with zero attached hydrogens (tertiary/aromatic N) is 1. The number of aryl methyl sites for hydroxylation is 3. The van der Waals surface area contributed by atoms with Crippen LogP contribution in [0.1, 0.15) is 16.8 Å². The molecule has 0 aliphatic heterocycles. The van der Waals surface area contributed by atoms with Crippen LogP contribution in [0.15, 0.2) is 60.7 Å². The van der Waals surface area contributed by atoms with Gasteiger partial charge in [0.1, 0.15) is 7.05 Å². The van der Waals surface area contributed by atoms with Crippen molar-refractivity contribution in [3.8, 4) is 11.3 Å². The van der Waals surface area contributed by atoms with Gasteiger partial charge >= 0.3 is 0 Å². The molecule has 1 heteroatoms. The summed E-state index contributed by atoms with van der Waals surface area (Å²) in [6, 6.07) is 22.2. The highest BCUT2D eigenvalue weighted by Gasteiger charge is 2.20. The Bertz CT molecular complexity index is 1090. The molecule has 0 saturated carbocycles. The minimum Gasteiger partial charge on any atom is -0.198 e. The fourth-order valence-electron chi connectivity index (χ4n) is 3.63. The van der Waals surface area contributed by atoms with E-state index < -0.39 is 0 Å². The van der Waals surface area contributed by atoms with Gasteiger partial charge in [-0.25, -0.2) is 0 Å². The summed E-state index contributed by atoms with van der Waals surface area (Å²) in [4.78, 5) is 0. The van der Waals surface area contributed by atoms with Gasteiger partial charge in [0.2, 0.25) is 5.69 Å². The Kier molecular flexibility index (Phi) is 3.38. The zero-order chi connectivity index (χ0) is 16.8. The van der Waals surface area contributed by atoms with Gasteiger partial charge in [0.05, 0.1) is 10.9 Å². The number of rotatable bonds is 1. The van der Waals surface area contributed by atoms with Crippen LogP contribution in [0.25, 0.3) is 32.8 Å². The van der Waals surface area contributed by atoms with E-state index in [1.807, 2.05) is 0 Å². The second kappa shape index (κ2) is 5.45. The molecule has 24 heavy (non-hydrogen) atoms. The number of pyridine rings is 1. The van der Waals surface area contributed by atoms with Crippen molar-refractivity contribution in [1.82, 2.24) is 0 Å². The third-order valence-corrected chi connectivity index (χ3v) is 5.04. The van der Waals surface area contributed by atoms with Gasteiger partial charge in [-0.1, -0.05) is 48.0 Å². The van der Waals surface area contributed by atoms with Crippen molar-refractivity contribution < 1.29 is 4.57 Å². The van der Waals surface area contributed by atoms with Crippen molar-refractivity contribution in [2.45, 2.75) is 20.8 Å². The Morgan fingerprint density at radius 1 is 0.708 bits per heavy atom. The summed E-state index contributed by atoms with van der Waals surface area (Å²) in [6.45, 7) is 6.55. The fourth-order valence-corrected chi connectivity index (χ4v) is 3.63. The number of fused-ring (bicyclic) bond motifs is 2. The molecule has 0 radical (unpaired) electrons. The van der Waals surface area contributed by atoms with Crippen LogP contribution >= 0.6 is 0 Å². The quantitative estimate of drug-likeness (QED) is 0.414. The lowest BCUT2D eigenvalue weighted by Crippen LogP contribution is -2.35. The predicted molar refractivity (Wildman–Crippen MR) is 102 cm³/mol. The number of aromatic nitrogens is 1. The molecule has 118 valence electrons. The summed E-state index contributed by atoms with van der Waals surface area (Å²) in [7, 11) is 2.17. The molecule has 0 bridgehead atoms. The fraction of sp³-hybridized carbons (Fsp3) is 0.174. The van der Waals surface area contributed by atoms with Crippen molar-refractivity contribution >= 4 is 21.5 Å². The molecule has 0 N–H and O–H groups in total. The lowest BCUT2D eigenvalue weighted by atomic mass is 9.95. The molecule has 0 saturated heterocycles. The molecular weight excluding hydrogens is 290 g/mol. The average Bonchev–Trinajstić information content (AvgIpc) is 2.56. The molecule has 3 aromatic carbocycles. The smallest absolute Gasteiger partial charge is 0.198 e. The van der Waals surface area contributed by atoms with Crippen molar-refractivity contribution in [2.24, 2.45) is 7.05 Å². The van der Waals surface area contributed by atoms with E-state index in [2.05, 4.69) is 93.0 Å². The van der Waals surface area contributed by atoms with Crippen LogP contribution < -0.4 is 4.57 Å². The summed E-state index contributed by atoms with van der Waals surface area (Å²) >= 11 is 0. The van der Waals surface area contributed by atoms with Gasteiger partial charge in [0, 0.05) is 13.0 Å². The van der Waals surface area contributed by atoms with E-state index in [0.29, 0.717) is 0 Å². The first-order chi connectivity index (χ1) is 11.5. The van der Waals surface area contributed by atoms with Crippen LogP contribution in [0.3, 0.4) is 0 Å². The van der Waals surface area contributed by atoms with Crippen LogP contribution in [-0.2, 0) is 7.05 Å². The zero-order valence-corrected chi connectivity index (χ0v) is 14.7. The molecule has 0 aliphatic carbocycles. The molecule has 0 amide bonds. The van der Waals surface area contributed by atoms with Crippen LogP contribution in [0.2, 0.25) is 0 Å². The van der Waals surface area contributed by atoms with Gasteiger partial charge in [0.15, 0.2) is 5.69 Å². The molecule has 0 spiro atoms. The summed E-state index contributed by atoms with van der Waals surface area (Å²) in [5, 5.41) is 5.22. The molecule has 0 atom stereocenters. The van der Waals surface area contributed by atoms with E-state index in [1.165, 1.54) is 49.6 Å². The van der Waals surface area contributed by atoms with E-state index in [9.17, 15) is 0 Å². The molecule has 0 unspecified atom stereocenters. The molecular formula is C23H22N+. The Hall–Kier alpha value is -2.67. The minimum atomic E-state index is 1.27. The number of hydrogen-bond acceptors (Lipinski definition) is 0. The lowest BCUT2D eigenvalue weighted by Gasteiger charge is -2.11. The number of benzene rings is 3. The highest BCUT2D eigenvalue weighted by atomic mass is 14.9. The first-order valence-corrected chi connectivity index (χ1v) is 8.44. The summed E-state index contributed by atoms with van der Waals surface area (Å²) < 4.78 is 2.31. The Labute approximate surface area is 143 Å². The van der Waals surface area contributed by atoms with Crippen LogP contribution in [-0.4, -0.2) is 0 Å². The highest BCUT2D eigenvalue weighted by Crippen LogP contribution is 2.32. The Balaban J connectivity index is 2.13. The molecule has 1 heterocycles. The summed E-state index contributed by atoms with van der Waals surface area (Å²) in [5.74, 6) is 0. The van der Waals surface area contributed by atoms with Gasteiger partial charge in [-0.3, -0.25) is 0 Å². The van der Waals surface area contributed by atoms with E-state index >= 15 is 0 Å². The zero-order valence-electron chi connectivity index (χ0n) is 14.7. The normalized spacial score (nSPS) is 11.3. The van der Waals surface area contributed by atoms with Crippen molar-refractivity contribution in [3.63, 3.8) is 0 Å². The molecule has 1 nitrogen and oxygen atoms in total. The van der Waals surface area contributed by atoms with Gasteiger partial charge in [-0.05, 0) is 47.7 Å². The largest absolute Gasteiger partial charge is 0.220 e. The average molecular weight is 312 g/mol. The Morgan fingerprint density at radius 2 is 1.42 bits per heavy atom. The third-order valence-electron chi connectivity index (χ3n) is 5.04. The monoisotopic (exact) mass is 312 g/mol. The molecule has 1 aromatic heterocycles. The SMILES string of the molecule is Cc1ccc2c(-c3cc4ccccc4cc3C)[n+](C)c(C)cc2c1. The summed E-state index contributed by atoms with van der Waals surface area (Å²) in [5.41, 5.74) is 6.51. The molecule has 4 rings (SSSR count). The molecule has 0 aliphatic rings. The van der Waals surface area contributed by atoms with Gasteiger partial charge in [-0.2, -0.15) is 4.57 Å². The maximum Gasteiger partial charge on any atom is 0.220 e. The first-order valence-electron chi connectivity index (χ1n) is 8.44. The second-order valence-corrected chi connectivity index (χ2v) is 6.80. The van der Waals surface area contributed by atoms with Crippen LogP contribution in [0, 0.1) is 20.8 Å². The minimum absolute atomic E-state index is 1.27. The van der Waals surface area contributed by atoms with E-state index in [0.717, 1.165) is 0 Å². The lowest BCUT2D eigenvalue weighted by molar-refractivity contribution is -0.665. The maximum absolute atomic E-state index is 2.33. The van der Waals surface area contributed by atoms with Gasteiger partial charge < -0.3 is 0 Å². The van der Waals surface area contributed by atoms with E-state index in [1.54, 1.807) is 0 Å². The molecule has 0 fully saturated rings. The number of hydrogen-bond donors (Lipinski definition) is 0. The third kappa shape index (κ3) is 2.28. The summed E-state index contributed by atoms with van der Waals surface area (Å²) in [6.07, 6.45) is 0. The van der Waals surface area contributed by atoms with Crippen LogP contribution in [0.4, 0.5) is 0 Å². The van der Waals surface area contributed by atoms with E-state index in [-0.39, 0.29) is 0 Å². The van der Waals surface area contributed by atoms with E-state index in [4.69, 9.17) is 0 Å². The predicted octanol–water partition coefficient (Wildman–Crippen LogP) is 5.41. The maximum atomic E-state index is 2.33. The van der Waals surface area contributed by atoms with Crippen molar-refractivity contribution in [1.29, 1.82) is 0 Å². The van der Waals surface area contributed by atoms with Crippen LogP contribution in [0.5, 0.6) is 0 Å². The van der Waals surface area contributed by atoms with Crippen molar-refractivity contribution in [3.05, 3.63) is 77.5 Å². The van der Waals surface area contributed by atoms with Gasteiger partial charge in [-0.15, -0.1) is 0 Å². The standard InChI is InChI=1S/C23H22N/c1-15-9-10-21-20(11-15)13-17(3)24(4)23(21)22-14-19-8-6-5-7-18(19)12-16(22)2/h5-14H,1-4H3/q+1. The molecule has 4 aromatic rings. The highest BCUT2D eigenvalue weighted by molar-refractivity contribution is 5.97. The topological polar surface area (TPSA) is 3.88 Å². The van der Waals surface area contributed by atoms with Gasteiger partial charge in [0.25, 0.3) is 0 Å². The van der Waals surface area contributed by atoms with Crippen molar-refractivity contribution in [2.75, 3.05) is 0 Å². The second-order valence-electron chi connectivity index (χ2n) is 6.80. The Morgan fingerprint density at radius 3 is 2.17 bits per heavy atom.